The second kappa shape index (κ2) is 5.97. The minimum atomic E-state index is 0.226. The van der Waals surface area contributed by atoms with Crippen LogP contribution in [-0.2, 0) is 11.3 Å². The monoisotopic (exact) mass is 287 g/mol. The lowest BCUT2D eigenvalue weighted by atomic mass is 9.89. The van der Waals surface area contributed by atoms with Crippen molar-refractivity contribution in [1.29, 1.82) is 0 Å². The van der Waals surface area contributed by atoms with Gasteiger partial charge in [0.05, 0.1) is 6.54 Å². The summed E-state index contributed by atoms with van der Waals surface area (Å²) in [5.41, 5.74) is 0. The van der Waals surface area contributed by atoms with Gasteiger partial charge in [0, 0.05) is 13.0 Å². The van der Waals surface area contributed by atoms with Gasteiger partial charge in [-0.2, -0.15) is 0 Å². The number of nitrogens with zero attached hydrogens (tertiary/aromatic N) is 3. The van der Waals surface area contributed by atoms with Gasteiger partial charge in [0.25, 0.3) is 0 Å². The fourth-order valence-electron chi connectivity index (χ4n) is 2.35. The smallest absolute Gasteiger partial charge is 0.222 e. The van der Waals surface area contributed by atoms with Crippen LogP contribution >= 0.6 is 22.9 Å². The van der Waals surface area contributed by atoms with E-state index in [0.29, 0.717) is 29.3 Å². The van der Waals surface area contributed by atoms with Gasteiger partial charge in [-0.1, -0.05) is 25.2 Å². The summed E-state index contributed by atoms with van der Waals surface area (Å²) in [7, 11) is 0. The molecule has 0 N–H and O–H groups in total. The van der Waals surface area contributed by atoms with Crippen molar-refractivity contribution in [2.24, 2.45) is 11.8 Å². The molecule has 18 heavy (non-hydrogen) atoms. The highest BCUT2D eigenvalue weighted by molar-refractivity contribution is 7.15. The molecule has 1 aliphatic rings. The number of carbonyl (C=O) groups is 1. The van der Waals surface area contributed by atoms with E-state index in [0.717, 1.165) is 24.4 Å². The molecule has 1 aromatic heterocycles. The first-order valence-electron chi connectivity index (χ1n) is 6.32. The van der Waals surface area contributed by atoms with Crippen LogP contribution in [0.5, 0.6) is 0 Å². The number of aromatic nitrogens is 2. The van der Waals surface area contributed by atoms with E-state index in [2.05, 4.69) is 24.0 Å². The molecule has 100 valence electrons. The summed E-state index contributed by atoms with van der Waals surface area (Å²) in [6.07, 6.45) is 2.73. The zero-order valence-electron chi connectivity index (χ0n) is 10.7. The average Bonchev–Trinajstić information content (AvgIpc) is 2.62. The number of rotatable bonds is 3. The first kappa shape index (κ1) is 13.7. The molecular formula is C12H18ClN3OS. The fraction of sp³-hybridized carbons (Fsp3) is 0.750. The minimum Gasteiger partial charge on any atom is -0.336 e. The Balaban J connectivity index is 1.98. The fourth-order valence-corrected chi connectivity index (χ4v) is 3.23. The van der Waals surface area contributed by atoms with Crippen LogP contribution in [0.3, 0.4) is 0 Å². The molecule has 0 aliphatic carbocycles. The topological polar surface area (TPSA) is 46.1 Å². The highest BCUT2D eigenvalue weighted by Gasteiger charge is 2.24. The maximum Gasteiger partial charge on any atom is 0.222 e. The van der Waals surface area contributed by atoms with E-state index in [9.17, 15) is 4.79 Å². The molecule has 1 unspecified atom stereocenters. The summed E-state index contributed by atoms with van der Waals surface area (Å²) in [6.45, 7) is 5.83. The van der Waals surface area contributed by atoms with E-state index < -0.39 is 0 Å². The summed E-state index contributed by atoms with van der Waals surface area (Å²) in [4.78, 5) is 13.9. The zero-order valence-corrected chi connectivity index (χ0v) is 12.3. The number of hydrogen-bond acceptors (Lipinski definition) is 4. The zero-order chi connectivity index (χ0) is 13.1. The molecule has 0 radical (unpaired) electrons. The molecule has 1 atom stereocenters. The van der Waals surface area contributed by atoms with Crippen molar-refractivity contribution in [3.05, 3.63) is 9.47 Å². The van der Waals surface area contributed by atoms with Crippen LogP contribution in [0.15, 0.2) is 0 Å². The average molecular weight is 288 g/mol. The summed E-state index contributed by atoms with van der Waals surface area (Å²) in [5, 5.41) is 8.56. The molecule has 0 aromatic carbocycles. The Morgan fingerprint density at radius 3 is 2.83 bits per heavy atom. The van der Waals surface area contributed by atoms with Crippen molar-refractivity contribution in [3.8, 4) is 0 Å². The van der Waals surface area contributed by atoms with Crippen molar-refractivity contribution >= 4 is 28.8 Å². The quantitative estimate of drug-likeness (QED) is 0.858. The van der Waals surface area contributed by atoms with Gasteiger partial charge in [0.1, 0.15) is 5.01 Å². The Morgan fingerprint density at radius 2 is 2.22 bits per heavy atom. The minimum absolute atomic E-state index is 0.226. The van der Waals surface area contributed by atoms with E-state index in [4.69, 9.17) is 11.6 Å². The molecule has 1 amide bonds. The third kappa shape index (κ3) is 3.42. The molecule has 2 rings (SSSR count). The third-order valence-corrected chi connectivity index (χ3v) is 4.57. The highest BCUT2D eigenvalue weighted by Crippen LogP contribution is 2.26. The van der Waals surface area contributed by atoms with E-state index in [1.807, 2.05) is 4.90 Å². The molecule has 0 saturated carbocycles. The van der Waals surface area contributed by atoms with Gasteiger partial charge in [0.15, 0.2) is 0 Å². The molecule has 1 aromatic rings. The Labute approximate surface area is 116 Å². The Morgan fingerprint density at radius 1 is 1.44 bits per heavy atom. The van der Waals surface area contributed by atoms with Crippen LogP contribution in [0, 0.1) is 11.8 Å². The van der Waals surface area contributed by atoms with Crippen LogP contribution in [0.2, 0.25) is 4.47 Å². The maximum absolute atomic E-state index is 12.0. The lowest BCUT2D eigenvalue weighted by molar-refractivity contribution is -0.131. The van der Waals surface area contributed by atoms with Gasteiger partial charge in [-0.05, 0) is 36.3 Å². The van der Waals surface area contributed by atoms with Crippen LogP contribution in [0.25, 0.3) is 0 Å². The van der Waals surface area contributed by atoms with Crippen LogP contribution < -0.4 is 0 Å². The Bertz CT molecular complexity index is 421. The van der Waals surface area contributed by atoms with Crippen LogP contribution in [0.1, 0.15) is 38.1 Å². The first-order chi connectivity index (χ1) is 8.56. The molecule has 1 saturated heterocycles. The van der Waals surface area contributed by atoms with Gasteiger partial charge in [-0.3, -0.25) is 4.79 Å². The molecule has 4 nitrogen and oxygen atoms in total. The van der Waals surface area contributed by atoms with Crippen molar-refractivity contribution in [2.75, 3.05) is 6.54 Å². The SMILES string of the molecule is CC(C)C1CCC(=O)N(Cc2nnc(Cl)s2)CC1. The second-order valence-corrected chi connectivity index (χ2v) is 6.74. The van der Waals surface area contributed by atoms with Gasteiger partial charge < -0.3 is 4.90 Å². The Kier molecular flexibility index (Phi) is 4.56. The standard InChI is InChI=1S/C12H18ClN3OS/c1-8(2)9-3-4-11(17)16(6-5-9)7-10-14-15-12(13)18-10/h8-9H,3-7H2,1-2H3. The lowest BCUT2D eigenvalue weighted by Crippen LogP contribution is -2.29. The predicted molar refractivity (Wildman–Crippen MR) is 72.5 cm³/mol. The predicted octanol–water partition coefficient (Wildman–Crippen LogP) is 2.98. The van der Waals surface area contributed by atoms with Crippen LogP contribution in [0.4, 0.5) is 0 Å². The number of likely N-dealkylation sites (tertiary alicyclic amines) is 1. The summed E-state index contributed by atoms with van der Waals surface area (Å²) in [5.74, 6) is 1.52. The normalized spacial score (nSPS) is 21.4. The highest BCUT2D eigenvalue weighted by atomic mass is 35.5. The van der Waals surface area contributed by atoms with Crippen molar-refractivity contribution in [3.63, 3.8) is 0 Å². The van der Waals surface area contributed by atoms with Gasteiger partial charge in [0.2, 0.25) is 10.4 Å². The van der Waals surface area contributed by atoms with Crippen molar-refractivity contribution < 1.29 is 4.79 Å². The van der Waals surface area contributed by atoms with E-state index >= 15 is 0 Å². The maximum atomic E-state index is 12.0. The van der Waals surface area contributed by atoms with Crippen molar-refractivity contribution in [1.82, 2.24) is 15.1 Å². The Hall–Kier alpha value is -0.680. The third-order valence-electron chi connectivity index (χ3n) is 3.56. The molecule has 0 spiro atoms. The van der Waals surface area contributed by atoms with E-state index in [-0.39, 0.29) is 5.91 Å². The second-order valence-electron chi connectivity index (χ2n) is 5.10. The number of halogens is 1. The molecular weight excluding hydrogens is 270 g/mol. The first-order valence-corrected chi connectivity index (χ1v) is 7.51. The molecule has 0 bridgehead atoms. The van der Waals surface area contributed by atoms with E-state index in [1.165, 1.54) is 11.3 Å². The summed E-state index contributed by atoms with van der Waals surface area (Å²) in [6, 6.07) is 0. The number of hydrogen-bond donors (Lipinski definition) is 0. The van der Waals surface area contributed by atoms with E-state index in [1.54, 1.807) is 0 Å². The van der Waals surface area contributed by atoms with Crippen molar-refractivity contribution in [2.45, 2.75) is 39.7 Å². The van der Waals surface area contributed by atoms with Gasteiger partial charge in [-0.15, -0.1) is 10.2 Å². The van der Waals surface area contributed by atoms with Crippen LogP contribution in [-0.4, -0.2) is 27.5 Å². The summed E-state index contributed by atoms with van der Waals surface area (Å²) >= 11 is 7.10. The number of carbonyl (C=O) groups excluding carboxylic acids is 1. The largest absolute Gasteiger partial charge is 0.336 e. The molecule has 2 heterocycles. The molecule has 1 fully saturated rings. The lowest BCUT2D eigenvalue weighted by Gasteiger charge is -2.20. The molecule has 6 heteroatoms. The van der Waals surface area contributed by atoms with Gasteiger partial charge >= 0.3 is 0 Å². The van der Waals surface area contributed by atoms with Gasteiger partial charge in [-0.25, -0.2) is 0 Å². The molecule has 1 aliphatic heterocycles. The number of amides is 1. The summed E-state index contributed by atoms with van der Waals surface area (Å²) < 4.78 is 0.437.